The van der Waals surface area contributed by atoms with Crippen molar-refractivity contribution in [1.82, 2.24) is 20.6 Å². The molecule has 2 aromatic rings. The molecule has 0 aliphatic heterocycles. The Kier molecular flexibility index (Phi) is 15.0. The SMILES string of the molecule is COC(=O)[C@H](Cc1cnc[nH]1)NC(=O)C(CC(C)C)NC(=O)Cc1ccc(N(CCCl)CCCl)cc1.Cl. The predicted octanol–water partition coefficient (Wildman–Crippen LogP) is 3.09. The monoisotopic (exact) mass is 575 g/mol. The van der Waals surface area contributed by atoms with Crippen LogP contribution in [0.1, 0.15) is 31.5 Å². The molecular weight excluding hydrogens is 541 g/mol. The van der Waals surface area contributed by atoms with Gasteiger partial charge in [-0.3, -0.25) is 9.59 Å². The number of carbonyl (C=O) groups is 3. The van der Waals surface area contributed by atoms with Gasteiger partial charge in [0.15, 0.2) is 0 Å². The van der Waals surface area contributed by atoms with Gasteiger partial charge >= 0.3 is 5.97 Å². The molecule has 0 saturated heterocycles. The maximum Gasteiger partial charge on any atom is 0.328 e. The lowest BCUT2D eigenvalue weighted by Crippen LogP contribution is -2.53. The van der Waals surface area contributed by atoms with Crippen LogP contribution in [-0.4, -0.2) is 71.8 Å². The first-order valence-corrected chi connectivity index (χ1v) is 12.9. The van der Waals surface area contributed by atoms with Crippen molar-refractivity contribution in [2.24, 2.45) is 5.92 Å². The van der Waals surface area contributed by atoms with E-state index in [0.29, 0.717) is 37.0 Å². The Morgan fingerprint density at radius 2 is 1.70 bits per heavy atom. The van der Waals surface area contributed by atoms with Gasteiger partial charge in [0, 0.05) is 48.8 Å². The third kappa shape index (κ3) is 11.2. The highest BCUT2D eigenvalue weighted by atomic mass is 35.5. The van der Waals surface area contributed by atoms with Crippen LogP contribution in [0.3, 0.4) is 0 Å². The molecule has 0 spiro atoms. The van der Waals surface area contributed by atoms with Crippen molar-refractivity contribution in [2.75, 3.05) is 36.9 Å². The highest BCUT2D eigenvalue weighted by Crippen LogP contribution is 2.16. The molecule has 1 heterocycles. The van der Waals surface area contributed by atoms with Gasteiger partial charge in [0.1, 0.15) is 12.1 Å². The van der Waals surface area contributed by atoms with E-state index in [2.05, 4.69) is 25.5 Å². The van der Waals surface area contributed by atoms with E-state index in [1.165, 1.54) is 13.4 Å². The number of esters is 1. The number of anilines is 1. The normalized spacial score (nSPS) is 12.3. The molecule has 0 bridgehead atoms. The number of imidazole rings is 1. The fourth-order valence-electron chi connectivity index (χ4n) is 3.76. The number of aromatic amines is 1. The molecule has 206 valence electrons. The fourth-order valence-corrected chi connectivity index (χ4v) is 4.16. The summed E-state index contributed by atoms with van der Waals surface area (Å²) in [6.45, 7) is 5.27. The Morgan fingerprint density at radius 1 is 1.05 bits per heavy atom. The van der Waals surface area contributed by atoms with E-state index in [0.717, 1.165) is 11.3 Å². The summed E-state index contributed by atoms with van der Waals surface area (Å²) in [5.74, 6) is -0.201. The molecule has 1 unspecified atom stereocenters. The maximum absolute atomic E-state index is 13.1. The standard InChI is InChI=1S/C25H35Cl2N5O4.ClH/c1-17(2)12-21(24(34)31-22(25(35)36-3)14-19-15-28-16-29-19)30-23(33)13-18-4-6-20(7-5-18)32(10-8-26)11-9-27;/h4-7,15-17,21-22H,8-14H2,1-3H3,(H,28,29)(H,30,33)(H,31,34);1H/t21?,22-;/m0./s1. The van der Waals surface area contributed by atoms with Crippen molar-refractivity contribution < 1.29 is 19.1 Å². The second-order valence-electron chi connectivity index (χ2n) is 8.82. The molecule has 2 atom stereocenters. The summed E-state index contributed by atoms with van der Waals surface area (Å²) in [6.07, 6.45) is 3.79. The lowest BCUT2D eigenvalue weighted by Gasteiger charge is -2.24. The first-order valence-electron chi connectivity index (χ1n) is 11.9. The second-order valence-corrected chi connectivity index (χ2v) is 9.58. The fraction of sp³-hybridized carbons (Fsp3) is 0.520. The summed E-state index contributed by atoms with van der Waals surface area (Å²) < 4.78 is 4.85. The van der Waals surface area contributed by atoms with Gasteiger partial charge in [-0.05, 0) is 30.0 Å². The summed E-state index contributed by atoms with van der Waals surface area (Å²) in [7, 11) is 1.26. The number of rotatable bonds is 15. The number of hydrogen-bond donors (Lipinski definition) is 3. The molecule has 2 amide bonds. The van der Waals surface area contributed by atoms with E-state index in [4.69, 9.17) is 27.9 Å². The van der Waals surface area contributed by atoms with E-state index in [-0.39, 0.29) is 37.1 Å². The number of aromatic nitrogens is 2. The number of amides is 2. The van der Waals surface area contributed by atoms with Crippen LogP contribution in [-0.2, 0) is 32.0 Å². The smallest absolute Gasteiger partial charge is 0.328 e. The zero-order chi connectivity index (χ0) is 26.5. The first kappa shape index (κ1) is 32.5. The highest BCUT2D eigenvalue weighted by molar-refractivity contribution is 6.18. The van der Waals surface area contributed by atoms with E-state index >= 15 is 0 Å². The van der Waals surface area contributed by atoms with Crippen LogP contribution in [0, 0.1) is 5.92 Å². The van der Waals surface area contributed by atoms with Gasteiger partial charge in [-0.15, -0.1) is 35.6 Å². The van der Waals surface area contributed by atoms with E-state index in [1.54, 1.807) is 6.20 Å². The van der Waals surface area contributed by atoms with Gasteiger partial charge in [0.05, 0.1) is 19.9 Å². The van der Waals surface area contributed by atoms with Crippen LogP contribution in [0.25, 0.3) is 0 Å². The molecule has 0 aliphatic rings. The summed E-state index contributed by atoms with van der Waals surface area (Å²) >= 11 is 11.8. The largest absolute Gasteiger partial charge is 0.467 e. The average molecular weight is 577 g/mol. The number of nitrogens with zero attached hydrogens (tertiary/aromatic N) is 2. The molecule has 0 aliphatic carbocycles. The van der Waals surface area contributed by atoms with Gasteiger partial charge in [0.2, 0.25) is 11.8 Å². The lowest BCUT2D eigenvalue weighted by atomic mass is 10.0. The number of carbonyl (C=O) groups excluding carboxylic acids is 3. The van der Waals surface area contributed by atoms with Crippen LogP contribution in [0.4, 0.5) is 5.69 Å². The molecule has 1 aromatic heterocycles. The van der Waals surface area contributed by atoms with Crippen molar-refractivity contribution >= 4 is 59.1 Å². The molecule has 2 rings (SSSR count). The van der Waals surface area contributed by atoms with Crippen molar-refractivity contribution in [2.45, 2.75) is 45.2 Å². The molecular formula is C25H36Cl3N5O4. The lowest BCUT2D eigenvalue weighted by molar-refractivity contribution is -0.145. The van der Waals surface area contributed by atoms with Gasteiger partial charge in [-0.1, -0.05) is 26.0 Å². The molecule has 1 aromatic carbocycles. The van der Waals surface area contributed by atoms with Gasteiger partial charge in [-0.2, -0.15) is 0 Å². The number of H-pyrrole nitrogens is 1. The van der Waals surface area contributed by atoms with E-state index in [1.807, 2.05) is 38.1 Å². The van der Waals surface area contributed by atoms with Gasteiger partial charge in [0.25, 0.3) is 0 Å². The summed E-state index contributed by atoms with van der Waals surface area (Å²) in [5.41, 5.74) is 2.46. The molecule has 37 heavy (non-hydrogen) atoms. The van der Waals surface area contributed by atoms with Crippen LogP contribution >= 0.6 is 35.6 Å². The Labute approximate surface area is 234 Å². The Morgan fingerprint density at radius 3 is 2.22 bits per heavy atom. The molecule has 0 radical (unpaired) electrons. The quantitative estimate of drug-likeness (QED) is 0.222. The topological polar surface area (TPSA) is 116 Å². The number of benzene rings is 1. The van der Waals surface area contributed by atoms with Crippen molar-refractivity contribution in [3.8, 4) is 0 Å². The minimum absolute atomic E-state index is 0. The Bertz CT molecular complexity index is 952. The summed E-state index contributed by atoms with van der Waals surface area (Å²) in [5, 5.41) is 5.55. The number of nitrogens with one attached hydrogen (secondary N) is 3. The zero-order valence-corrected chi connectivity index (χ0v) is 23.7. The number of hydrogen-bond acceptors (Lipinski definition) is 6. The highest BCUT2D eigenvalue weighted by Gasteiger charge is 2.28. The van der Waals surface area contributed by atoms with E-state index in [9.17, 15) is 14.4 Å². The number of halogens is 3. The van der Waals surface area contributed by atoms with Crippen LogP contribution in [0.2, 0.25) is 0 Å². The van der Waals surface area contributed by atoms with Crippen molar-refractivity contribution in [3.05, 3.63) is 48.0 Å². The first-order chi connectivity index (χ1) is 17.3. The number of ether oxygens (including phenoxy) is 1. The third-order valence-electron chi connectivity index (χ3n) is 5.51. The van der Waals surface area contributed by atoms with E-state index < -0.39 is 24.0 Å². The summed E-state index contributed by atoms with van der Waals surface area (Å²) in [4.78, 5) is 47.1. The molecule has 0 saturated carbocycles. The van der Waals surface area contributed by atoms with Crippen molar-refractivity contribution in [1.29, 1.82) is 0 Å². The molecule has 12 heteroatoms. The number of alkyl halides is 2. The van der Waals surface area contributed by atoms with Crippen LogP contribution < -0.4 is 15.5 Å². The second kappa shape index (κ2) is 17.1. The van der Waals surface area contributed by atoms with Crippen LogP contribution in [0.15, 0.2) is 36.8 Å². The molecule has 9 nitrogen and oxygen atoms in total. The molecule has 0 fully saturated rings. The Hall–Kier alpha value is -2.49. The third-order valence-corrected chi connectivity index (χ3v) is 5.85. The number of methoxy groups -OCH3 is 1. The maximum atomic E-state index is 13.1. The summed E-state index contributed by atoms with van der Waals surface area (Å²) in [6, 6.07) is 5.89. The van der Waals surface area contributed by atoms with Gasteiger partial charge < -0.3 is 25.3 Å². The van der Waals surface area contributed by atoms with Crippen molar-refractivity contribution in [3.63, 3.8) is 0 Å². The predicted molar refractivity (Wildman–Crippen MR) is 149 cm³/mol. The van der Waals surface area contributed by atoms with Gasteiger partial charge in [-0.25, -0.2) is 9.78 Å². The minimum atomic E-state index is -0.911. The van der Waals surface area contributed by atoms with Crippen LogP contribution in [0.5, 0.6) is 0 Å². The average Bonchev–Trinajstić information content (AvgIpc) is 3.36. The zero-order valence-electron chi connectivity index (χ0n) is 21.3. The minimum Gasteiger partial charge on any atom is -0.467 e. The molecule has 3 N–H and O–H groups in total. The Balaban J connectivity index is 0.00000684.